The Bertz CT molecular complexity index is 864. The van der Waals surface area contributed by atoms with Gasteiger partial charge in [-0.05, 0) is 38.0 Å². The van der Waals surface area contributed by atoms with Crippen molar-refractivity contribution < 1.29 is 4.79 Å². The van der Waals surface area contributed by atoms with Gasteiger partial charge in [0, 0.05) is 16.1 Å². The molecule has 0 radical (unpaired) electrons. The summed E-state index contributed by atoms with van der Waals surface area (Å²) in [5.41, 5.74) is 5.39. The molecule has 0 fully saturated rings. The predicted octanol–water partition coefficient (Wildman–Crippen LogP) is 5.17. The van der Waals surface area contributed by atoms with E-state index in [1.165, 1.54) is 11.1 Å². The molecule has 0 aliphatic rings. The van der Waals surface area contributed by atoms with Gasteiger partial charge in [0.05, 0.1) is 12.1 Å². The molecule has 1 N–H and O–H groups in total. The highest BCUT2D eigenvalue weighted by molar-refractivity contribution is 7.12. The Hall–Kier alpha value is -2.46. The van der Waals surface area contributed by atoms with Crippen molar-refractivity contribution in [3.63, 3.8) is 0 Å². The first-order chi connectivity index (χ1) is 12.0. The molecule has 1 amide bonds. The smallest absolute Gasteiger partial charge is 0.231 e. The number of amides is 1. The van der Waals surface area contributed by atoms with Gasteiger partial charge >= 0.3 is 0 Å². The van der Waals surface area contributed by atoms with Gasteiger partial charge in [0.25, 0.3) is 0 Å². The van der Waals surface area contributed by atoms with E-state index in [2.05, 4.69) is 55.3 Å². The average Bonchev–Trinajstić information content (AvgIpc) is 2.96. The molecule has 0 bridgehead atoms. The van der Waals surface area contributed by atoms with Gasteiger partial charge in [-0.3, -0.25) is 4.79 Å². The number of anilines is 1. The van der Waals surface area contributed by atoms with Crippen molar-refractivity contribution >= 4 is 22.9 Å². The maximum absolute atomic E-state index is 12.3. The number of carbonyl (C=O) groups is 1. The third-order valence-electron chi connectivity index (χ3n) is 4.12. The summed E-state index contributed by atoms with van der Waals surface area (Å²) in [6.45, 7) is 6.24. The fraction of sp³-hybridized carbons (Fsp3) is 0.238. The zero-order chi connectivity index (χ0) is 17.8. The second-order valence-corrected chi connectivity index (χ2v) is 7.44. The van der Waals surface area contributed by atoms with E-state index in [1.54, 1.807) is 11.3 Å². The summed E-state index contributed by atoms with van der Waals surface area (Å²) >= 11 is 1.59. The highest BCUT2D eigenvalue weighted by Gasteiger charge is 2.13. The van der Waals surface area contributed by atoms with Crippen LogP contribution in [0.25, 0.3) is 11.3 Å². The highest BCUT2D eigenvalue weighted by atomic mass is 32.1. The molecule has 2 aromatic carbocycles. The Balaban J connectivity index is 1.69. The molecule has 3 nitrogen and oxygen atoms in total. The van der Waals surface area contributed by atoms with Gasteiger partial charge in [-0.1, -0.05) is 48.9 Å². The van der Waals surface area contributed by atoms with Crippen LogP contribution in [-0.2, 0) is 17.6 Å². The lowest BCUT2D eigenvalue weighted by molar-refractivity contribution is -0.115. The number of aryl methyl sites for hydroxylation is 3. The first-order valence-corrected chi connectivity index (χ1v) is 9.29. The van der Waals surface area contributed by atoms with Crippen molar-refractivity contribution in [2.75, 3.05) is 5.32 Å². The topological polar surface area (TPSA) is 42.0 Å². The van der Waals surface area contributed by atoms with Gasteiger partial charge in [0.2, 0.25) is 5.91 Å². The van der Waals surface area contributed by atoms with Crippen LogP contribution in [-0.4, -0.2) is 10.9 Å². The molecule has 3 rings (SSSR count). The van der Waals surface area contributed by atoms with Gasteiger partial charge in [-0.25, -0.2) is 4.98 Å². The standard InChI is InChI=1S/C21H22N2OS/c1-4-16-7-11-18(12-8-16)22-19(24)13-20-23-21(15(3)25-20)17-9-5-14(2)6-10-17/h5-12H,4,13H2,1-3H3,(H,22,24). The van der Waals surface area contributed by atoms with Crippen LogP contribution in [0.3, 0.4) is 0 Å². The van der Waals surface area contributed by atoms with Crippen LogP contribution in [0.4, 0.5) is 5.69 Å². The van der Waals surface area contributed by atoms with Crippen molar-refractivity contribution in [1.82, 2.24) is 4.98 Å². The maximum atomic E-state index is 12.3. The number of aromatic nitrogens is 1. The normalized spacial score (nSPS) is 10.7. The summed E-state index contributed by atoms with van der Waals surface area (Å²) < 4.78 is 0. The fourth-order valence-corrected chi connectivity index (χ4v) is 3.63. The Morgan fingerprint density at radius 1 is 1.04 bits per heavy atom. The quantitative estimate of drug-likeness (QED) is 0.690. The van der Waals surface area contributed by atoms with E-state index in [1.807, 2.05) is 24.3 Å². The van der Waals surface area contributed by atoms with Crippen LogP contribution in [0, 0.1) is 13.8 Å². The van der Waals surface area contributed by atoms with Gasteiger partial charge < -0.3 is 5.32 Å². The molecule has 0 aliphatic heterocycles. The largest absolute Gasteiger partial charge is 0.326 e. The molecule has 128 valence electrons. The van der Waals surface area contributed by atoms with Gasteiger partial charge in [-0.15, -0.1) is 11.3 Å². The minimum atomic E-state index is -0.0338. The summed E-state index contributed by atoms with van der Waals surface area (Å²) in [5, 5.41) is 3.79. The van der Waals surface area contributed by atoms with Crippen molar-refractivity contribution in [1.29, 1.82) is 0 Å². The van der Waals surface area contributed by atoms with E-state index in [0.717, 1.165) is 33.3 Å². The summed E-state index contributed by atoms with van der Waals surface area (Å²) in [7, 11) is 0. The van der Waals surface area contributed by atoms with E-state index in [9.17, 15) is 4.79 Å². The van der Waals surface area contributed by atoms with Crippen LogP contribution in [0.1, 0.15) is 27.9 Å². The number of nitrogens with zero attached hydrogens (tertiary/aromatic N) is 1. The number of rotatable bonds is 5. The SMILES string of the molecule is CCc1ccc(NC(=O)Cc2nc(-c3ccc(C)cc3)c(C)s2)cc1. The molecule has 4 heteroatoms. The Morgan fingerprint density at radius 3 is 2.36 bits per heavy atom. The number of benzene rings is 2. The fourth-order valence-electron chi connectivity index (χ4n) is 2.67. The van der Waals surface area contributed by atoms with E-state index in [4.69, 9.17) is 0 Å². The van der Waals surface area contributed by atoms with E-state index < -0.39 is 0 Å². The van der Waals surface area contributed by atoms with Crippen LogP contribution in [0.2, 0.25) is 0 Å². The molecule has 0 unspecified atom stereocenters. The van der Waals surface area contributed by atoms with Crippen LogP contribution in [0.5, 0.6) is 0 Å². The number of thiazole rings is 1. The van der Waals surface area contributed by atoms with Crippen LogP contribution in [0.15, 0.2) is 48.5 Å². The third kappa shape index (κ3) is 4.34. The van der Waals surface area contributed by atoms with E-state index in [0.29, 0.717) is 6.42 Å². The van der Waals surface area contributed by atoms with E-state index in [-0.39, 0.29) is 5.91 Å². The van der Waals surface area contributed by atoms with E-state index >= 15 is 0 Å². The van der Waals surface area contributed by atoms with Crippen molar-refractivity contribution in [2.24, 2.45) is 0 Å². The summed E-state index contributed by atoms with van der Waals surface area (Å²) in [6, 6.07) is 16.3. The number of nitrogens with one attached hydrogen (secondary N) is 1. The Morgan fingerprint density at radius 2 is 1.72 bits per heavy atom. The second kappa shape index (κ2) is 7.62. The molecule has 1 aromatic heterocycles. The molecule has 3 aromatic rings. The average molecular weight is 350 g/mol. The molecular weight excluding hydrogens is 328 g/mol. The summed E-state index contributed by atoms with van der Waals surface area (Å²) in [5.74, 6) is -0.0338. The first-order valence-electron chi connectivity index (χ1n) is 8.47. The zero-order valence-corrected chi connectivity index (χ0v) is 15.6. The predicted molar refractivity (Wildman–Crippen MR) is 105 cm³/mol. The highest BCUT2D eigenvalue weighted by Crippen LogP contribution is 2.28. The van der Waals surface area contributed by atoms with Crippen LogP contribution < -0.4 is 5.32 Å². The van der Waals surface area contributed by atoms with Crippen LogP contribution >= 0.6 is 11.3 Å². The molecule has 0 saturated heterocycles. The number of hydrogen-bond acceptors (Lipinski definition) is 3. The Labute approximate surface area is 152 Å². The van der Waals surface area contributed by atoms with Crippen molar-refractivity contribution in [2.45, 2.75) is 33.6 Å². The maximum Gasteiger partial charge on any atom is 0.231 e. The molecular formula is C21H22N2OS. The summed E-state index contributed by atoms with van der Waals surface area (Å²) in [6.07, 6.45) is 1.29. The van der Waals surface area contributed by atoms with Crippen molar-refractivity contribution in [3.8, 4) is 11.3 Å². The lowest BCUT2D eigenvalue weighted by Gasteiger charge is -2.04. The molecule has 1 heterocycles. The Kier molecular flexibility index (Phi) is 5.29. The van der Waals surface area contributed by atoms with Gasteiger partial charge in [0.1, 0.15) is 5.01 Å². The monoisotopic (exact) mass is 350 g/mol. The lowest BCUT2D eigenvalue weighted by Crippen LogP contribution is -2.14. The van der Waals surface area contributed by atoms with Gasteiger partial charge in [-0.2, -0.15) is 0 Å². The minimum Gasteiger partial charge on any atom is -0.326 e. The molecule has 25 heavy (non-hydrogen) atoms. The molecule has 0 saturated carbocycles. The molecule has 0 atom stereocenters. The molecule has 0 spiro atoms. The summed E-state index contributed by atoms with van der Waals surface area (Å²) in [4.78, 5) is 18.1. The first kappa shape index (κ1) is 17.4. The van der Waals surface area contributed by atoms with Crippen molar-refractivity contribution in [3.05, 3.63) is 69.5 Å². The minimum absolute atomic E-state index is 0.0338. The lowest BCUT2D eigenvalue weighted by atomic mass is 10.1. The number of carbonyl (C=O) groups excluding carboxylic acids is 1. The molecule has 0 aliphatic carbocycles. The zero-order valence-electron chi connectivity index (χ0n) is 14.8. The third-order valence-corrected chi connectivity index (χ3v) is 5.09. The number of hydrogen-bond donors (Lipinski definition) is 1. The second-order valence-electron chi connectivity index (χ2n) is 6.15. The van der Waals surface area contributed by atoms with Gasteiger partial charge in [0.15, 0.2) is 0 Å².